The number of unbranched alkanes of at least 4 members (excludes halogenated alkanes) is 1. The van der Waals surface area contributed by atoms with Crippen molar-refractivity contribution in [1.29, 1.82) is 0 Å². The van der Waals surface area contributed by atoms with Gasteiger partial charge in [0.25, 0.3) is 6.10 Å². The summed E-state index contributed by atoms with van der Waals surface area (Å²) in [6, 6.07) is 0. The van der Waals surface area contributed by atoms with Crippen molar-refractivity contribution in [2.75, 3.05) is 51.4 Å². The maximum atomic E-state index is 12.8. The van der Waals surface area contributed by atoms with Crippen LogP contribution >= 0.6 is 43.6 Å². The van der Waals surface area contributed by atoms with Gasteiger partial charge in [0, 0.05) is 13.1 Å². The van der Waals surface area contributed by atoms with E-state index in [-0.39, 0.29) is 59.1 Å². The van der Waals surface area contributed by atoms with Gasteiger partial charge in [-0.15, -0.1) is 0 Å². The Balaban J connectivity index is 2.49. The van der Waals surface area contributed by atoms with E-state index >= 15 is 0 Å². The zero-order chi connectivity index (χ0) is 29.9. The zero-order valence-corrected chi connectivity index (χ0v) is 29.5. The summed E-state index contributed by atoms with van der Waals surface area (Å²) in [5.41, 5.74) is 0. The number of ether oxygens (including phenoxy) is 1. The Hall–Kier alpha value is 0.530. The van der Waals surface area contributed by atoms with Crippen LogP contribution in [0.15, 0.2) is 12.2 Å². The van der Waals surface area contributed by atoms with Gasteiger partial charge in [-0.1, -0.05) is 6.92 Å². The van der Waals surface area contributed by atoms with Crippen LogP contribution in [0, 0.1) is 0 Å². The summed E-state index contributed by atoms with van der Waals surface area (Å²) in [6.07, 6.45) is -9.57. The summed E-state index contributed by atoms with van der Waals surface area (Å²) in [7, 11) is 4.21. The number of rotatable bonds is 14. The monoisotopic (exact) mass is 911 g/mol. The van der Waals surface area contributed by atoms with E-state index in [1.54, 1.807) is 6.92 Å². The first-order valence-electron chi connectivity index (χ1n) is 12.7. The fourth-order valence-corrected chi connectivity index (χ4v) is 11.3. The largest absolute Gasteiger partial charge is 0.434 e. The van der Waals surface area contributed by atoms with Crippen molar-refractivity contribution in [3.05, 3.63) is 12.2 Å². The van der Waals surface area contributed by atoms with Gasteiger partial charge in [-0.3, -0.25) is 0 Å². The summed E-state index contributed by atoms with van der Waals surface area (Å²) in [6.45, 7) is 9.21. The fourth-order valence-electron chi connectivity index (χ4n) is 3.50. The van der Waals surface area contributed by atoms with Crippen LogP contribution in [-0.4, -0.2) is 99.0 Å². The Kier molecular flexibility index (Phi) is 16.9. The second-order valence-electron chi connectivity index (χ2n) is 9.56. The second-order valence-corrected chi connectivity index (χ2v) is 19.6. The molecule has 1 aliphatic heterocycles. The van der Waals surface area contributed by atoms with Crippen LogP contribution in [0.3, 0.4) is 0 Å². The van der Waals surface area contributed by atoms with Crippen LogP contribution in [0.5, 0.6) is 0 Å². The van der Waals surface area contributed by atoms with Crippen molar-refractivity contribution in [3.8, 4) is 0 Å². The molecular weight excluding hydrogens is 871 g/mol. The topological polar surface area (TPSA) is 39.3 Å². The molecular formula is C24H40F6I3N4O2-. The van der Waals surface area contributed by atoms with Crippen molar-refractivity contribution in [3.63, 3.8) is 0 Å². The Labute approximate surface area is 263 Å². The number of amides is 1. The van der Waals surface area contributed by atoms with Crippen molar-refractivity contribution in [1.82, 2.24) is 16.0 Å². The van der Waals surface area contributed by atoms with Crippen LogP contribution in [0.1, 0.15) is 52.9 Å². The van der Waals surface area contributed by atoms with E-state index < -0.39 is 24.5 Å². The van der Waals surface area contributed by atoms with Gasteiger partial charge in [0.15, 0.2) is 0 Å². The molecule has 0 aromatic carbocycles. The average molecular weight is 911 g/mol. The Morgan fingerprint density at radius 3 is 2.31 bits per heavy atom. The number of hydrogen-bond donors (Lipinski definition) is 0. The third kappa shape index (κ3) is 15.0. The zero-order valence-electron chi connectivity index (χ0n) is 23.0. The summed E-state index contributed by atoms with van der Waals surface area (Å²) < 4.78 is 85.7. The van der Waals surface area contributed by atoms with Crippen molar-refractivity contribution in [2.24, 2.45) is 0 Å². The molecule has 232 valence electrons. The van der Waals surface area contributed by atoms with Crippen LogP contribution < -0.4 is 21.5 Å². The van der Waals surface area contributed by atoms with Gasteiger partial charge in [0.1, 0.15) is 0 Å². The van der Waals surface area contributed by atoms with Crippen LogP contribution in [0.4, 0.5) is 31.1 Å². The van der Waals surface area contributed by atoms with Crippen molar-refractivity contribution < 1.29 is 57.4 Å². The Bertz CT molecular complexity index is 790. The summed E-state index contributed by atoms with van der Waals surface area (Å²) in [4.78, 5) is 17.7. The third-order valence-electron chi connectivity index (χ3n) is 5.91. The number of carbonyl (C=O) groups excluding carboxylic acids is 1. The molecule has 1 amide bonds. The molecule has 0 aliphatic carbocycles. The van der Waals surface area contributed by atoms with Gasteiger partial charge in [-0.05, 0) is 6.42 Å². The first-order chi connectivity index (χ1) is 18.0. The standard InChI is InChI=1S/C24H40F6I3N4O2/c1-6-13-36(21(38)39-20(23(25,26)27)24(28,29)30)15-10-8-12-22(3,31)35(5)14-9-7-11-19(2)33-37-17-16-34(4)18-32-37/h7,11,20H,6,8-10,12-18H2,1-5H3/q-1/b11-7-/t22-/m0/s1. The smallest absolute Gasteiger partial charge is 0.426 e. The van der Waals surface area contributed by atoms with Crippen LogP contribution in [-0.2, 0) is 4.74 Å². The molecule has 0 bridgehead atoms. The number of carbonyl (C=O) groups is 1. The SMILES string of the molecule is CCCN(CCCC[C@@](C)(I)N(C)CC/C=C\C(C)=IN1CCN(C)C[I-]1)C(=O)OC(C(F)(F)F)C(F)(F)F. The summed E-state index contributed by atoms with van der Waals surface area (Å²) in [5.74, 6) is 0. The summed E-state index contributed by atoms with van der Waals surface area (Å²) >= 11 is 2.43. The molecule has 15 heteroatoms. The Morgan fingerprint density at radius 1 is 1.13 bits per heavy atom. The molecule has 0 saturated carbocycles. The van der Waals surface area contributed by atoms with E-state index in [4.69, 9.17) is 0 Å². The van der Waals surface area contributed by atoms with Gasteiger partial charge < -0.3 is 9.64 Å². The normalized spacial score (nSPS) is 18.7. The summed E-state index contributed by atoms with van der Waals surface area (Å²) in [5, 5.41) is 0. The first kappa shape index (κ1) is 37.6. The molecule has 1 aliphatic rings. The number of nitrogens with zero attached hydrogens (tertiary/aromatic N) is 4. The Morgan fingerprint density at radius 2 is 1.77 bits per heavy atom. The van der Waals surface area contributed by atoms with E-state index in [2.05, 4.69) is 71.5 Å². The number of likely N-dealkylation sites (N-methyl/N-ethyl adjacent to an activating group) is 1. The molecule has 1 saturated heterocycles. The van der Waals surface area contributed by atoms with E-state index in [1.807, 2.05) is 7.05 Å². The molecule has 39 heavy (non-hydrogen) atoms. The number of allylic oxidation sites excluding steroid dienone is 1. The van der Waals surface area contributed by atoms with Crippen molar-refractivity contribution in [2.45, 2.75) is 74.9 Å². The van der Waals surface area contributed by atoms with Gasteiger partial charge in [0.05, 0.1) is 0 Å². The molecule has 0 unspecified atom stereocenters. The molecule has 6 nitrogen and oxygen atoms in total. The fraction of sp³-hybridized carbons (Fsp3) is 0.833. The van der Waals surface area contributed by atoms with Crippen LogP contribution in [0.25, 0.3) is 0 Å². The molecule has 0 aromatic heterocycles. The minimum atomic E-state index is -5.72. The number of hydrogen-bond acceptors (Lipinski definition) is 5. The molecule has 0 aromatic rings. The maximum Gasteiger partial charge on any atom is 0.434 e. The third-order valence-corrected chi connectivity index (χ3v) is 15.0. The molecule has 1 heterocycles. The number of alkyl halides is 8. The van der Waals surface area contributed by atoms with Gasteiger partial charge in [-0.2, -0.15) is 26.3 Å². The van der Waals surface area contributed by atoms with E-state index in [0.29, 0.717) is 19.3 Å². The van der Waals surface area contributed by atoms with Gasteiger partial charge in [-0.25, -0.2) is 4.79 Å². The second kappa shape index (κ2) is 17.6. The van der Waals surface area contributed by atoms with Crippen molar-refractivity contribution >= 4 is 53.2 Å². The van der Waals surface area contributed by atoms with Gasteiger partial charge >= 0.3 is 192 Å². The molecule has 1 atom stereocenters. The minimum Gasteiger partial charge on any atom is -0.426 e. The predicted octanol–water partition coefficient (Wildman–Crippen LogP) is 3.81. The predicted molar refractivity (Wildman–Crippen MR) is 156 cm³/mol. The molecule has 0 spiro atoms. The van der Waals surface area contributed by atoms with Gasteiger partial charge in [0.2, 0.25) is 0 Å². The minimum absolute atomic E-state index is 0.0181. The molecule has 1 fully saturated rings. The number of halogens is 9. The first-order valence-corrected chi connectivity index (χ1v) is 18.3. The molecule has 0 radical (unpaired) electrons. The molecule has 1 rings (SSSR count). The maximum absolute atomic E-state index is 12.8. The van der Waals surface area contributed by atoms with Crippen LogP contribution in [0.2, 0.25) is 0 Å². The van der Waals surface area contributed by atoms with E-state index in [0.717, 1.165) is 30.8 Å². The van der Waals surface area contributed by atoms with E-state index in [1.165, 1.54) is 14.6 Å². The van der Waals surface area contributed by atoms with E-state index in [9.17, 15) is 31.1 Å². The average Bonchev–Trinajstić information content (AvgIpc) is 2.81. The molecule has 0 N–H and O–H groups in total. The quantitative estimate of drug-likeness (QED) is 0.0664.